The Morgan fingerprint density at radius 1 is 1.35 bits per heavy atom. The Bertz CT molecular complexity index is 609. The van der Waals surface area contributed by atoms with Gasteiger partial charge in [-0.2, -0.15) is 0 Å². The number of aryl methyl sites for hydroxylation is 1. The zero-order chi connectivity index (χ0) is 14.5. The van der Waals surface area contributed by atoms with Crippen LogP contribution in [0.15, 0.2) is 36.5 Å². The van der Waals surface area contributed by atoms with E-state index in [-0.39, 0.29) is 11.7 Å². The molecule has 104 valence electrons. The molecule has 0 bridgehead atoms. The summed E-state index contributed by atoms with van der Waals surface area (Å²) in [6, 6.07) is 8.04. The molecule has 1 aromatic carbocycles. The Hall–Kier alpha value is -2.56. The van der Waals surface area contributed by atoms with Crippen molar-refractivity contribution < 1.29 is 14.6 Å². The predicted molar refractivity (Wildman–Crippen MR) is 76.2 cm³/mol. The molecular weight excluding hydrogens is 256 g/mol. The number of carbonyl (C=O) groups excluding carboxylic acids is 1. The summed E-state index contributed by atoms with van der Waals surface area (Å²) in [4.78, 5) is 16.2. The van der Waals surface area contributed by atoms with E-state index in [1.807, 2.05) is 6.92 Å². The van der Waals surface area contributed by atoms with E-state index in [1.165, 1.54) is 6.07 Å². The van der Waals surface area contributed by atoms with Crippen LogP contribution in [-0.2, 0) is 0 Å². The van der Waals surface area contributed by atoms with E-state index >= 15 is 0 Å². The van der Waals surface area contributed by atoms with Gasteiger partial charge in [-0.1, -0.05) is 0 Å². The first-order valence-corrected chi connectivity index (χ1v) is 6.30. The number of nitrogens with zero attached hydrogens (tertiary/aromatic N) is 1. The molecule has 0 atom stereocenters. The molecule has 2 rings (SSSR count). The Balaban J connectivity index is 2.11. The summed E-state index contributed by atoms with van der Waals surface area (Å²) in [6.07, 6.45) is 1.54. The highest BCUT2D eigenvalue weighted by atomic mass is 16.5. The van der Waals surface area contributed by atoms with Gasteiger partial charge in [0.1, 0.15) is 5.75 Å². The van der Waals surface area contributed by atoms with E-state index in [1.54, 1.807) is 37.4 Å². The number of hydrogen-bond donors (Lipinski definition) is 2. The summed E-state index contributed by atoms with van der Waals surface area (Å²) in [5, 5.41) is 12.1. The minimum atomic E-state index is -0.242. The molecule has 0 aliphatic heterocycles. The van der Waals surface area contributed by atoms with Crippen molar-refractivity contribution in [3.05, 3.63) is 47.7 Å². The highest BCUT2D eigenvalue weighted by Gasteiger charge is 2.10. The van der Waals surface area contributed by atoms with Crippen LogP contribution in [0, 0.1) is 6.92 Å². The molecule has 0 spiro atoms. The van der Waals surface area contributed by atoms with Crippen molar-refractivity contribution in [2.45, 2.75) is 13.8 Å². The molecule has 0 aliphatic rings. The van der Waals surface area contributed by atoms with E-state index in [2.05, 4.69) is 10.3 Å². The maximum absolute atomic E-state index is 12.1. The Morgan fingerprint density at radius 2 is 2.15 bits per heavy atom. The van der Waals surface area contributed by atoms with Crippen LogP contribution in [0.1, 0.15) is 22.8 Å². The van der Waals surface area contributed by atoms with Gasteiger partial charge in [-0.3, -0.25) is 4.79 Å². The van der Waals surface area contributed by atoms with E-state index in [0.717, 1.165) is 0 Å². The fourth-order valence-electron chi connectivity index (χ4n) is 1.79. The second-order valence-corrected chi connectivity index (χ2v) is 4.27. The third-order valence-electron chi connectivity index (χ3n) is 2.74. The van der Waals surface area contributed by atoms with Crippen LogP contribution < -0.4 is 10.1 Å². The zero-order valence-electron chi connectivity index (χ0n) is 11.4. The average molecular weight is 272 g/mol. The van der Waals surface area contributed by atoms with Gasteiger partial charge < -0.3 is 15.2 Å². The van der Waals surface area contributed by atoms with Gasteiger partial charge in [0.05, 0.1) is 18.5 Å². The van der Waals surface area contributed by atoms with E-state index in [0.29, 0.717) is 29.3 Å². The Morgan fingerprint density at radius 3 is 2.75 bits per heavy atom. The number of phenols is 1. The van der Waals surface area contributed by atoms with Crippen molar-refractivity contribution >= 4 is 11.6 Å². The van der Waals surface area contributed by atoms with E-state index in [9.17, 15) is 9.90 Å². The van der Waals surface area contributed by atoms with Crippen molar-refractivity contribution in [1.29, 1.82) is 0 Å². The van der Waals surface area contributed by atoms with Crippen LogP contribution in [0.5, 0.6) is 11.6 Å². The maximum atomic E-state index is 12.1. The normalized spacial score (nSPS) is 10.1. The SMILES string of the molecule is CCOc1ccc(NC(=O)c2ccc(O)cc2C)cn1. The fourth-order valence-corrected chi connectivity index (χ4v) is 1.79. The molecule has 1 aromatic heterocycles. The average Bonchev–Trinajstić information content (AvgIpc) is 2.41. The van der Waals surface area contributed by atoms with Crippen LogP contribution in [0.2, 0.25) is 0 Å². The van der Waals surface area contributed by atoms with Crippen LogP contribution >= 0.6 is 0 Å². The number of nitrogens with one attached hydrogen (secondary N) is 1. The molecule has 0 unspecified atom stereocenters. The standard InChI is InChI=1S/C15H16N2O3/c1-3-20-14-7-4-11(9-16-14)17-15(19)13-6-5-12(18)8-10(13)2/h4-9,18H,3H2,1-2H3,(H,17,19). The number of hydrogen-bond acceptors (Lipinski definition) is 4. The number of pyridine rings is 1. The van der Waals surface area contributed by atoms with Crippen LogP contribution in [-0.4, -0.2) is 22.6 Å². The smallest absolute Gasteiger partial charge is 0.255 e. The van der Waals surface area contributed by atoms with Crippen molar-refractivity contribution in [1.82, 2.24) is 4.98 Å². The first kappa shape index (κ1) is 13.9. The summed E-state index contributed by atoms with van der Waals surface area (Å²) in [5.74, 6) is 0.418. The van der Waals surface area contributed by atoms with Crippen LogP contribution in [0.4, 0.5) is 5.69 Å². The summed E-state index contributed by atoms with van der Waals surface area (Å²) in [5.41, 5.74) is 1.81. The molecular formula is C15H16N2O3. The lowest BCUT2D eigenvalue weighted by Gasteiger charge is -2.08. The van der Waals surface area contributed by atoms with Crippen molar-refractivity contribution in [2.24, 2.45) is 0 Å². The molecule has 0 aliphatic carbocycles. The van der Waals surface area contributed by atoms with Gasteiger partial charge in [0.15, 0.2) is 0 Å². The van der Waals surface area contributed by atoms with E-state index < -0.39 is 0 Å². The number of rotatable bonds is 4. The summed E-state index contributed by atoms with van der Waals surface area (Å²) in [6.45, 7) is 4.20. The Labute approximate surface area is 117 Å². The monoisotopic (exact) mass is 272 g/mol. The van der Waals surface area contributed by atoms with Gasteiger partial charge in [-0.15, -0.1) is 0 Å². The largest absolute Gasteiger partial charge is 0.508 e. The predicted octanol–water partition coefficient (Wildman–Crippen LogP) is 2.75. The molecule has 5 heteroatoms. The minimum absolute atomic E-state index is 0.141. The highest BCUT2D eigenvalue weighted by molar-refractivity contribution is 6.05. The number of aromatic nitrogens is 1. The number of anilines is 1. The van der Waals surface area contributed by atoms with Gasteiger partial charge in [0.25, 0.3) is 5.91 Å². The molecule has 20 heavy (non-hydrogen) atoms. The lowest BCUT2D eigenvalue weighted by molar-refractivity contribution is 0.102. The lowest BCUT2D eigenvalue weighted by atomic mass is 10.1. The van der Waals surface area contributed by atoms with Crippen LogP contribution in [0.3, 0.4) is 0 Å². The fraction of sp³-hybridized carbons (Fsp3) is 0.200. The quantitative estimate of drug-likeness (QED) is 0.897. The van der Waals surface area contributed by atoms with Gasteiger partial charge in [0.2, 0.25) is 5.88 Å². The molecule has 2 N–H and O–H groups in total. The number of carbonyl (C=O) groups is 1. The van der Waals surface area contributed by atoms with Crippen molar-refractivity contribution in [2.75, 3.05) is 11.9 Å². The van der Waals surface area contributed by atoms with Crippen LogP contribution in [0.25, 0.3) is 0 Å². The minimum Gasteiger partial charge on any atom is -0.508 e. The Kier molecular flexibility index (Phi) is 4.20. The number of amides is 1. The second-order valence-electron chi connectivity index (χ2n) is 4.27. The molecule has 1 heterocycles. The number of benzene rings is 1. The van der Waals surface area contributed by atoms with Gasteiger partial charge in [-0.05, 0) is 43.7 Å². The number of phenolic OH excluding ortho intramolecular Hbond substituents is 1. The number of aromatic hydroxyl groups is 1. The molecule has 2 aromatic rings. The lowest BCUT2D eigenvalue weighted by Crippen LogP contribution is -2.13. The van der Waals surface area contributed by atoms with Crippen molar-refractivity contribution in [3.63, 3.8) is 0 Å². The molecule has 0 radical (unpaired) electrons. The van der Waals surface area contributed by atoms with Gasteiger partial charge >= 0.3 is 0 Å². The molecule has 5 nitrogen and oxygen atoms in total. The van der Waals surface area contributed by atoms with E-state index in [4.69, 9.17) is 4.74 Å². The topological polar surface area (TPSA) is 71.5 Å². The number of ether oxygens (including phenoxy) is 1. The zero-order valence-corrected chi connectivity index (χ0v) is 11.4. The summed E-state index contributed by atoms with van der Waals surface area (Å²) in [7, 11) is 0. The third-order valence-corrected chi connectivity index (χ3v) is 2.74. The molecule has 1 amide bonds. The highest BCUT2D eigenvalue weighted by Crippen LogP contribution is 2.18. The third kappa shape index (κ3) is 3.26. The molecule has 0 fully saturated rings. The first-order valence-electron chi connectivity index (χ1n) is 6.30. The molecule has 0 saturated heterocycles. The van der Waals surface area contributed by atoms with Gasteiger partial charge in [-0.25, -0.2) is 4.98 Å². The second kappa shape index (κ2) is 6.06. The maximum Gasteiger partial charge on any atom is 0.255 e. The summed E-state index contributed by atoms with van der Waals surface area (Å²) >= 11 is 0. The summed E-state index contributed by atoms with van der Waals surface area (Å²) < 4.78 is 5.23. The van der Waals surface area contributed by atoms with Gasteiger partial charge in [0, 0.05) is 11.6 Å². The first-order chi connectivity index (χ1) is 9.60. The molecule has 0 saturated carbocycles. The van der Waals surface area contributed by atoms with Crippen molar-refractivity contribution in [3.8, 4) is 11.6 Å².